The van der Waals surface area contributed by atoms with Gasteiger partial charge < -0.3 is 15.7 Å². The molecule has 2 amide bonds. The fourth-order valence-electron chi connectivity index (χ4n) is 4.55. The van der Waals surface area contributed by atoms with Gasteiger partial charge in [0.25, 0.3) is 0 Å². The SMILES string of the molecule is O=C(O)CC1(NC(=O)NC2CC3CCC2C3)CCCC1. The second-order valence-electron chi connectivity index (χ2n) is 6.94. The zero-order valence-electron chi connectivity index (χ0n) is 11.9. The number of carbonyl (C=O) groups is 2. The molecule has 2 bridgehead atoms. The number of fused-ring (bicyclic) bond motifs is 2. The molecule has 0 spiro atoms. The van der Waals surface area contributed by atoms with E-state index in [2.05, 4.69) is 10.6 Å². The minimum absolute atomic E-state index is 0.0388. The molecule has 3 N–H and O–H groups in total. The van der Waals surface area contributed by atoms with E-state index in [1.54, 1.807) is 0 Å². The van der Waals surface area contributed by atoms with Gasteiger partial charge in [0, 0.05) is 6.04 Å². The highest BCUT2D eigenvalue weighted by atomic mass is 16.4. The number of hydrogen-bond acceptors (Lipinski definition) is 2. The molecule has 0 aromatic heterocycles. The number of hydrogen-bond donors (Lipinski definition) is 3. The Morgan fingerprint density at radius 3 is 2.45 bits per heavy atom. The highest BCUT2D eigenvalue weighted by Crippen LogP contribution is 2.44. The summed E-state index contributed by atoms with van der Waals surface area (Å²) in [5.74, 6) is 0.613. The maximum absolute atomic E-state index is 12.2. The third-order valence-corrected chi connectivity index (χ3v) is 5.48. The number of carboxylic acid groups (broad SMARTS) is 1. The van der Waals surface area contributed by atoms with Crippen molar-refractivity contribution in [2.75, 3.05) is 0 Å². The highest BCUT2D eigenvalue weighted by Gasteiger charge is 2.42. The van der Waals surface area contributed by atoms with Crippen LogP contribution >= 0.6 is 0 Å². The minimum atomic E-state index is -0.827. The summed E-state index contributed by atoms with van der Waals surface area (Å²) in [6.45, 7) is 0. The average molecular weight is 280 g/mol. The van der Waals surface area contributed by atoms with Crippen LogP contribution in [0.4, 0.5) is 4.79 Å². The van der Waals surface area contributed by atoms with Crippen molar-refractivity contribution >= 4 is 12.0 Å². The Labute approximate surface area is 119 Å². The van der Waals surface area contributed by atoms with Crippen LogP contribution < -0.4 is 10.6 Å². The van der Waals surface area contributed by atoms with Crippen molar-refractivity contribution < 1.29 is 14.7 Å². The van der Waals surface area contributed by atoms with Gasteiger partial charge >= 0.3 is 12.0 Å². The van der Waals surface area contributed by atoms with E-state index in [1.165, 1.54) is 19.3 Å². The molecular weight excluding hydrogens is 256 g/mol. The molecule has 3 atom stereocenters. The normalized spacial score (nSPS) is 34.1. The molecule has 112 valence electrons. The van der Waals surface area contributed by atoms with E-state index in [1.807, 2.05) is 0 Å². The molecule has 3 rings (SSSR count). The number of aliphatic carboxylic acids is 1. The van der Waals surface area contributed by atoms with Gasteiger partial charge in [0.2, 0.25) is 0 Å². The quantitative estimate of drug-likeness (QED) is 0.739. The zero-order chi connectivity index (χ0) is 14.2. The van der Waals surface area contributed by atoms with Crippen LogP contribution in [0, 0.1) is 11.8 Å². The fraction of sp³-hybridized carbons (Fsp3) is 0.867. The van der Waals surface area contributed by atoms with Crippen molar-refractivity contribution in [1.29, 1.82) is 0 Å². The van der Waals surface area contributed by atoms with Crippen LogP contribution in [0.5, 0.6) is 0 Å². The van der Waals surface area contributed by atoms with Crippen molar-refractivity contribution in [3.63, 3.8) is 0 Å². The second kappa shape index (κ2) is 5.26. The average Bonchev–Trinajstić information content (AvgIpc) is 3.04. The van der Waals surface area contributed by atoms with Crippen LogP contribution in [0.1, 0.15) is 57.8 Å². The van der Waals surface area contributed by atoms with Gasteiger partial charge in [0.05, 0.1) is 12.0 Å². The van der Waals surface area contributed by atoms with Gasteiger partial charge in [0.1, 0.15) is 0 Å². The lowest BCUT2D eigenvalue weighted by atomic mass is 9.93. The number of nitrogens with one attached hydrogen (secondary N) is 2. The molecule has 3 fully saturated rings. The summed E-state index contributed by atoms with van der Waals surface area (Å²) in [7, 11) is 0. The number of urea groups is 1. The molecule has 0 radical (unpaired) electrons. The first kappa shape index (κ1) is 13.7. The maximum Gasteiger partial charge on any atom is 0.315 e. The first-order chi connectivity index (χ1) is 9.56. The van der Waals surface area contributed by atoms with Gasteiger partial charge in [-0.05, 0) is 43.9 Å². The standard InChI is InChI=1S/C15H24N2O3/c18-13(19)9-15(5-1-2-6-15)17-14(20)16-12-8-10-3-4-11(12)7-10/h10-12H,1-9H2,(H,18,19)(H2,16,17,20). The van der Waals surface area contributed by atoms with Crippen LogP contribution in [-0.4, -0.2) is 28.7 Å². The van der Waals surface area contributed by atoms with Crippen molar-refractivity contribution in [2.45, 2.75) is 69.4 Å². The summed E-state index contributed by atoms with van der Waals surface area (Å²) >= 11 is 0. The lowest BCUT2D eigenvalue weighted by molar-refractivity contribution is -0.138. The first-order valence-corrected chi connectivity index (χ1v) is 7.87. The molecule has 5 nitrogen and oxygen atoms in total. The number of carboxylic acids is 1. The Morgan fingerprint density at radius 1 is 1.15 bits per heavy atom. The first-order valence-electron chi connectivity index (χ1n) is 7.87. The second-order valence-corrected chi connectivity index (χ2v) is 6.94. The van der Waals surface area contributed by atoms with Crippen LogP contribution in [0.3, 0.4) is 0 Å². The minimum Gasteiger partial charge on any atom is -0.481 e. The lowest BCUT2D eigenvalue weighted by Gasteiger charge is -2.31. The lowest BCUT2D eigenvalue weighted by Crippen LogP contribution is -2.54. The summed E-state index contributed by atoms with van der Waals surface area (Å²) in [6.07, 6.45) is 8.51. The molecule has 5 heteroatoms. The highest BCUT2D eigenvalue weighted by molar-refractivity contribution is 5.77. The Kier molecular flexibility index (Phi) is 3.61. The third-order valence-electron chi connectivity index (χ3n) is 5.48. The molecule has 3 aliphatic carbocycles. The molecular formula is C15H24N2O3. The van der Waals surface area contributed by atoms with E-state index in [0.717, 1.165) is 38.0 Å². The van der Waals surface area contributed by atoms with Crippen LogP contribution in [0.15, 0.2) is 0 Å². The molecule has 3 saturated carbocycles. The molecule has 0 aromatic carbocycles. The predicted octanol–water partition coefficient (Wildman–Crippen LogP) is 2.26. The molecule has 0 heterocycles. The maximum atomic E-state index is 12.2. The van der Waals surface area contributed by atoms with Gasteiger partial charge in [-0.1, -0.05) is 19.3 Å². The zero-order valence-corrected chi connectivity index (χ0v) is 11.9. The smallest absolute Gasteiger partial charge is 0.315 e. The van der Waals surface area contributed by atoms with Crippen LogP contribution in [-0.2, 0) is 4.79 Å². The molecule has 3 unspecified atom stereocenters. The molecule has 0 saturated heterocycles. The van der Waals surface area contributed by atoms with Crippen molar-refractivity contribution in [3.8, 4) is 0 Å². The van der Waals surface area contributed by atoms with Crippen LogP contribution in [0.25, 0.3) is 0 Å². The van der Waals surface area contributed by atoms with E-state index in [-0.39, 0.29) is 12.5 Å². The number of rotatable bonds is 4. The van der Waals surface area contributed by atoms with Gasteiger partial charge in [-0.2, -0.15) is 0 Å². The molecule has 0 aromatic rings. The Hall–Kier alpha value is -1.26. The summed E-state index contributed by atoms with van der Waals surface area (Å²) in [5.41, 5.74) is -0.520. The van der Waals surface area contributed by atoms with Crippen LogP contribution in [0.2, 0.25) is 0 Å². The summed E-state index contributed by atoms with van der Waals surface area (Å²) in [5, 5.41) is 15.1. The van der Waals surface area contributed by atoms with Crippen molar-refractivity contribution in [3.05, 3.63) is 0 Å². The van der Waals surface area contributed by atoms with Crippen molar-refractivity contribution in [2.24, 2.45) is 11.8 Å². The van der Waals surface area contributed by atoms with Gasteiger partial charge in [0.15, 0.2) is 0 Å². The van der Waals surface area contributed by atoms with Gasteiger partial charge in [-0.3, -0.25) is 4.79 Å². The van der Waals surface area contributed by atoms with Gasteiger partial charge in [-0.15, -0.1) is 0 Å². The Balaban J connectivity index is 1.55. The van der Waals surface area contributed by atoms with E-state index >= 15 is 0 Å². The van der Waals surface area contributed by atoms with E-state index in [9.17, 15) is 9.59 Å². The molecule has 3 aliphatic rings. The topological polar surface area (TPSA) is 78.4 Å². The predicted molar refractivity (Wildman–Crippen MR) is 74.4 cm³/mol. The summed E-state index contributed by atoms with van der Waals surface area (Å²) < 4.78 is 0. The molecule has 0 aliphatic heterocycles. The van der Waals surface area contributed by atoms with E-state index < -0.39 is 11.5 Å². The third kappa shape index (κ3) is 2.76. The number of amides is 2. The number of carbonyl (C=O) groups excluding carboxylic acids is 1. The fourth-order valence-corrected chi connectivity index (χ4v) is 4.55. The Bertz CT molecular complexity index is 404. The largest absolute Gasteiger partial charge is 0.481 e. The van der Waals surface area contributed by atoms with E-state index in [0.29, 0.717) is 12.0 Å². The summed E-state index contributed by atoms with van der Waals surface area (Å²) in [4.78, 5) is 23.2. The monoisotopic (exact) mass is 280 g/mol. The van der Waals surface area contributed by atoms with Crippen molar-refractivity contribution in [1.82, 2.24) is 10.6 Å². The molecule has 20 heavy (non-hydrogen) atoms. The van der Waals surface area contributed by atoms with E-state index in [4.69, 9.17) is 5.11 Å². The summed E-state index contributed by atoms with van der Waals surface area (Å²) in [6, 6.07) is 0.141. The van der Waals surface area contributed by atoms with Gasteiger partial charge in [-0.25, -0.2) is 4.79 Å². The Morgan fingerprint density at radius 2 is 1.90 bits per heavy atom.